The second kappa shape index (κ2) is 7.47. The third kappa shape index (κ3) is 3.19. The van der Waals surface area contributed by atoms with E-state index >= 15 is 0 Å². The number of carbonyl (C=O) groups excluding carboxylic acids is 2. The van der Waals surface area contributed by atoms with Crippen molar-refractivity contribution < 1.29 is 23.9 Å². The zero-order valence-corrected chi connectivity index (χ0v) is 17.6. The molecule has 0 saturated carbocycles. The number of hydrogen-bond acceptors (Lipinski definition) is 5. The standard InChI is InChI=1S/C23H16BrFN2O4/c24-13-6-11-18(28)17(12-13)20-19-21(31-27(20)16-4-2-1-3-5-16)23(30)26(22(19)29)15-9-7-14(25)8-10-15/h1-12,19-21,28H/t19-,20-,21-/m1/s1. The number of anilines is 2. The molecule has 3 aromatic carbocycles. The van der Waals surface area contributed by atoms with Gasteiger partial charge in [-0.15, -0.1) is 0 Å². The van der Waals surface area contributed by atoms with Gasteiger partial charge in [0.05, 0.1) is 17.4 Å². The van der Waals surface area contributed by atoms with Crippen molar-refractivity contribution in [2.75, 3.05) is 9.96 Å². The van der Waals surface area contributed by atoms with Crippen molar-refractivity contribution in [3.8, 4) is 5.75 Å². The van der Waals surface area contributed by atoms with Crippen LogP contribution in [0.3, 0.4) is 0 Å². The zero-order valence-electron chi connectivity index (χ0n) is 16.0. The van der Waals surface area contributed by atoms with Crippen LogP contribution < -0.4 is 9.96 Å². The van der Waals surface area contributed by atoms with Crippen LogP contribution in [0.1, 0.15) is 11.6 Å². The Hall–Kier alpha value is -3.23. The van der Waals surface area contributed by atoms with Gasteiger partial charge in [-0.25, -0.2) is 14.4 Å². The van der Waals surface area contributed by atoms with Gasteiger partial charge in [-0.2, -0.15) is 0 Å². The molecule has 8 heteroatoms. The van der Waals surface area contributed by atoms with E-state index < -0.39 is 35.7 Å². The number of halogens is 2. The number of nitrogens with zero attached hydrogens (tertiary/aromatic N) is 2. The predicted molar refractivity (Wildman–Crippen MR) is 115 cm³/mol. The highest BCUT2D eigenvalue weighted by molar-refractivity contribution is 9.10. The number of amides is 2. The summed E-state index contributed by atoms with van der Waals surface area (Å²) in [7, 11) is 0. The van der Waals surface area contributed by atoms with Crippen molar-refractivity contribution >= 4 is 39.1 Å². The Morgan fingerprint density at radius 3 is 2.32 bits per heavy atom. The van der Waals surface area contributed by atoms with Crippen LogP contribution in [0.25, 0.3) is 0 Å². The summed E-state index contributed by atoms with van der Waals surface area (Å²) in [6, 6.07) is 18.4. The van der Waals surface area contributed by atoms with Crippen LogP contribution in [-0.4, -0.2) is 23.0 Å². The van der Waals surface area contributed by atoms with Crippen molar-refractivity contribution in [2.24, 2.45) is 5.92 Å². The van der Waals surface area contributed by atoms with Crippen LogP contribution in [-0.2, 0) is 14.4 Å². The maximum Gasteiger partial charge on any atom is 0.266 e. The van der Waals surface area contributed by atoms with E-state index in [1.54, 1.807) is 24.3 Å². The van der Waals surface area contributed by atoms with E-state index in [4.69, 9.17) is 4.84 Å². The van der Waals surface area contributed by atoms with Crippen LogP contribution in [0.15, 0.2) is 77.3 Å². The monoisotopic (exact) mass is 482 g/mol. The highest BCUT2D eigenvalue weighted by atomic mass is 79.9. The molecular formula is C23H16BrFN2O4. The number of phenols is 1. The molecule has 0 aliphatic carbocycles. The third-order valence-electron chi connectivity index (χ3n) is 5.52. The number of phenolic OH excluding ortho intramolecular Hbond substituents is 1. The lowest BCUT2D eigenvalue weighted by Gasteiger charge is -2.29. The molecule has 3 aromatic rings. The van der Waals surface area contributed by atoms with Gasteiger partial charge in [0.1, 0.15) is 17.5 Å². The number of aromatic hydroxyl groups is 1. The minimum Gasteiger partial charge on any atom is -0.508 e. The fourth-order valence-electron chi connectivity index (χ4n) is 4.14. The summed E-state index contributed by atoms with van der Waals surface area (Å²) in [6.07, 6.45) is -1.07. The topological polar surface area (TPSA) is 70.1 Å². The summed E-state index contributed by atoms with van der Waals surface area (Å²) >= 11 is 3.41. The Morgan fingerprint density at radius 1 is 0.903 bits per heavy atom. The lowest BCUT2D eigenvalue weighted by molar-refractivity contribution is -0.126. The molecular weight excluding hydrogens is 467 g/mol. The summed E-state index contributed by atoms with van der Waals surface area (Å²) in [5.74, 6) is -2.37. The zero-order chi connectivity index (χ0) is 21.7. The maximum atomic E-state index is 13.5. The van der Waals surface area contributed by atoms with Gasteiger partial charge >= 0.3 is 0 Å². The normalized spacial score (nSPS) is 22.8. The quantitative estimate of drug-likeness (QED) is 0.562. The van der Waals surface area contributed by atoms with E-state index in [-0.39, 0.29) is 11.4 Å². The number of rotatable bonds is 3. The van der Waals surface area contributed by atoms with Crippen LogP contribution in [0, 0.1) is 11.7 Å². The maximum absolute atomic E-state index is 13.5. The van der Waals surface area contributed by atoms with Gasteiger partial charge in [0.15, 0.2) is 6.10 Å². The number of imide groups is 1. The Balaban J connectivity index is 1.62. The van der Waals surface area contributed by atoms with E-state index in [1.165, 1.54) is 35.4 Å². The summed E-state index contributed by atoms with van der Waals surface area (Å²) in [6.45, 7) is 0. The van der Waals surface area contributed by atoms with Crippen molar-refractivity contribution in [1.29, 1.82) is 0 Å². The fraction of sp³-hybridized carbons (Fsp3) is 0.130. The molecule has 0 bridgehead atoms. The van der Waals surface area contributed by atoms with E-state index in [9.17, 15) is 19.1 Å². The summed E-state index contributed by atoms with van der Waals surface area (Å²) in [5, 5.41) is 12.1. The number of benzene rings is 3. The molecule has 6 nitrogen and oxygen atoms in total. The molecule has 31 heavy (non-hydrogen) atoms. The Morgan fingerprint density at radius 2 is 1.61 bits per heavy atom. The first-order chi connectivity index (χ1) is 15.0. The van der Waals surface area contributed by atoms with Crippen LogP contribution >= 0.6 is 15.9 Å². The third-order valence-corrected chi connectivity index (χ3v) is 6.01. The molecule has 2 saturated heterocycles. The van der Waals surface area contributed by atoms with Gasteiger partial charge in [0, 0.05) is 10.0 Å². The highest BCUT2D eigenvalue weighted by Crippen LogP contribution is 2.49. The Labute approximate surface area is 185 Å². The molecule has 2 heterocycles. The molecule has 1 N–H and O–H groups in total. The Kier molecular flexibility index (Phi) is 4.75. The molecule has 2 aliphatic rings. The summed E-state index contributed by atoms with van der Waals surface area (Å²) < 4.78 is 14.1. The van der Waals surface area contributed by atoms with Gasteiger partial charge in [-0.3, -0.25) is 14.4 Å². The van der Waals surface area contributed by atoms with E-state index in [0.717, 1.165) is 4.90 Å². The highest BCUT2D eigenvalue weighted by Gasteiger charge is 2.60. The molecule has 2 fully saturated rings. The summed E-state index contributed by atoms with van der Waals surface area (Å²) in [5.41, 5.74) is 1.38. The second-order valence-corrected chi connectivity index (χ2v) is 8.27. The SMILES string of the molecule is O=C1[C@@H]2[C@@H](c3cc(Br)ccc3O)N(c3ccccc3)O[C@H]2C(=O)N1c1ccc(F)cc1. The van der Waals surface area contributed by atoms with Crippen molar-refractivity contribution in [2.45, 2.75) is 12.1 Å². The van der Waals surface area contributed by atoms with Crippen LogP contribution in [0.5, 0.6) is 5.75 Å². The predicted octanol–water partition coefficient (Wildman–Crippen LogP) is 4.34. The minimum absolute atomic E-state index is 0.0149. The van der Waals surface area contributed by atoms with Gasteiger partial charge in [0.2, 0.25) is 5.91 Å². The fourth-order valence-corrected chi connectivity index (χ4v) is 4.51. The first-order valence-corrected chi connectivity index (χ1v) is 10.4. The number of para-hydroxylation sites is 1. The number of carbonyl (C=O) groups is 2. The molecule has 0 radical (unpaired) electrons. The lowest BCUT2D eigenvalue weighted by Crippen LogP contribution is -2.37. The molecule has 2 amide bonds. The van der Waals surface area contributed by atoms with E-state index in [1.807, 2.05) is 18.2 Å². The lowest BCUT2D eigenvalue weighted by atomic mass is 9.90. The largest absolute Gasteiger partial charge is 0.508 e. The van der Waals surface area contributed by atoms with Crippen molar-refractivity contribution in [1.82, 2.24) is 0 Å². The average molecular weight is 483 g/mol. The number of fused-ring (bicyclic) bond motifs is 1. The minimum atomic E-state index is -1.07. The smallest absolute Gasteiger partial charge is 0.266 e. The number of hydroxylamine groups is 1. The van der Waals surface area contributed by atoms with Crippen molar-refractivity contribution in [3.63, 3.8) is 0 Å². The molecule has 5 rings (SSSR count). The molecule has 0 spiro atoms. The van der Waals surface area contributed by atoms with Gasteiger partial charge in [0.25, 0.3) is 5.91 Å². The van der Waals surface area contributed by atoms with Crippen LogP contribution in [0.2, 0.25) is 0 Å². The van der Waals surface area contributed by atoms with E-state index in [2.05, 4.69) is 15.9 Å². The first kappa shape index (κ1) is 19.7. The summed E-state index contributed by atoms with van der Waals surface area (Å²) in [4.78, 5) is 33.7. The van der Waals surface area contributed by atoms with Crippen molar-refractivity contribution in [3.05, 3.63) is 88.6 Å². The molecule has 2 aliphatic heterocycles. The Bertz CT molecular complexity index is 1170. The van der Waals surface area contributed by atoms with E-state index in [0.29, 0.717) is 15.7 Å². The first-order valence-electron chi connectivity index (χ1n) is 9.58. The molecule has 0 aromatic heterocycles. The molecule has 3 atom stereocenters. The number of hydrogen-bond donors (Lipinski definition) is 1. The molecule has 0 unspecified atom stereocenters. The molecule has 156 valence electrons. The van der Waals surface area contributed by atoms with Crippen LogP contribution in [0.4, 0.5) is 15.8 Å². The average Bonchev–Trinajstić information content (AvgIpc) is 3.28. The van der Waals surface area contributed by atoms with Gasteiger partial charge in [-0.1, -0.05) is 34.1 Å². The van der Waals surface area contributed by atoms with Gasteiger partial charge < -0.3 is 5.11 Å². The second-order valence-electron chi connectivity index (χ2n) is 7.35. The van der Waals surface area contributed by atoms with Gasteiger partial charge in [-0.05, 0) is 54.6 Å².